The fourth-order valence-corrected chi connectivity index (χ4v) is 9.72. The first-order valence-electron chi connectivity index (χ1n) is 19.0. The van der Waals surface area contributed by atoms with Gasteiger partial charge in [-0.15, -0.1) is 0 Å². The van der Waals surface area contributed by atoms with Gasteiger partial charge >= 0.3 is 0 Å². The van der Waals surface area contributed by atoms with E-state index >= 15 is 0 Å². The van der Waals surface area contributed by atoms with E-state index in [4.69, 9.17) is 4.42 Å². The summed E-state index contributed by atoms with van der Waals surface area (Å²) >= 11 is 0. The van der Waals surface area contributed by atoms with Gasteiger partial charge in [0, 0.05) is 38.5 Å². The Kier molecular flexibility index (Phi) is 6.39. The summed E-state index contributed by atoms with van der Waals surface area (Å²) in [5, 5.41) is 4.70. The second kappa shape index (κ2) is 11.1. The molecule has 0 amide bonds. The highest BCUT2D eigenvalue weighted by Crippen LogP contribution is 2.55. The lowest BCUT2D eigenvalue weighted by Gasteiger charge is -2.30. The standard InChI is InChI=1S/C52H39NO/c1-51(2)44-19-9-6-16-40(44)50-45(51)20-12-21-47(50)53(35-27-28-38-37-14-5-8-18-43(37)52(3,4)46(38)30-35)34-25-23-32(24-26-34)36-17-11-13-33-29-49-42(31-41(33)36)39-15-7-10-22-48(39)54-49/h5-31H,1-4H3. The van der Waals surface area contributed by atoms with Crippen molar-refractivity contribution in [1.82, 2.24) is 0 Å². The molecule has 2 aliphatic rings. The number of furan rings is 1. The molecule has 8 aromatic carbocycles. The molecule has 9 aromatic rings. The molecule has 1 aromatic heterocycles. The van der Waals surface area contributed by atoms with Crippen LogP contribution in [0.2, 0.25) is 0 Å². The summed E-state index contributed by atoms with van der Waals surface area (Å²) in [6.45, 7) is 9.45. The first-order valence-corrected chi connectivity index (χ1v) is 19.0. The lowest BCUT2D eigenvalue weighted by Crippen LogP contribution is -2.17. The number of para-hydroxylation sites is 1. The van der Waals surface area contributed by atoms with E-state index in [2.05, 4.69) is 184 Å². The molecular formula is C52H39NO. The van der Waals surface area contributed by atoms with Gasteiger partial charge in [0.15, 0.2) is 0 Å². The number of fused-ring (bicyclic) bond motifs is 10. The Morgan fingerprint density at radius 2 is 1.04 bits per heavy atom. The van der Waals surface area contributed by atoms with Gasteiger partial charge in [0.1, 0.15) is 11.2 Å². The third-order valence-electron chi connectivity index (χ3n) is 12.5. The maximum absolute atomic E-state index is 6.25. The van der Waals surface area contributed by atoms with Crippen LogP contribution in [0.3, 0.4) is 0 Å². The average Bonchev–Trinajstić information content (AvgIpc) is 3.76. The van der Waals surface area contributed by atoms with E-state index in [0.717, 1.165) is 33.3 Å². The molecule has 0 radical (unpaired) electrons. The van der Waals surface area contributed by atoms with E-state index in [1.54, 1.807) is 0 Å². The average molecular weight is 694 g/mol. The smallest absolute Gasteiger partial charge is 0.136 e. The van der Waals surface area contributed by atoms with Gasteiger partial charge in [-0.05, 0) is 109 Å². The van der Waals surface area contributed by atoms with Crippen LogP contribution in [0, 0.1) is 0 Å². The van der Waals surface area contributed by atoms with Crippen LogP contribution in [0.15, 0.2) is 168 Å². The first-order chi connectivity index (χ1) is 26.3. The Labute approximate surface area is 315 Å². The molecule has 0 saturated heterocycles. The van der Waals surface area contributed by atoms with Crippen LogP contribution in [-0.4, -0.2) is 0 Å². The normalized spacial score (nSPS) is 14.6. The summed E-state index contributed by atoms with van der Waals surface area (Å²) in [4.78, 5) is 2.49. The van der Waals surface area contributed by atoms with Gasteiger partial charge in [-0.25, -0.2) is 0 Å². The summed E-state index contributed by atoms with van der Waals surface area (Å²) < 4.78 is 6.25. The summed E-state index contributed by atoms with van der Waals surface area (Å²) in [6.07, 6.45) is 0. The highest BCUT2D eigenvalue weighted by molar-refractivity contribution is 6.12. The molecule has 0 fully saturated rings. The maximum Gasteiger partial charge on any atom is 0.136 e. The Balaban J connectivity index is 1.10. The first kappa shape index (κ1) is 31.2. The van der Waals surface area contributed by atoms with Crippen LogP contribution >= 0.6 is 0 Å². The second-order valence-corrected chi connectivity index (χ2v) is 16.1. The maximum atomic E-state index is 6.25. The number of benzene rings is 8. The Morgan fingerprint density at radius 1 is 0.407 bits per heavy atom. The molecule has 258 valence electrons. The molecule has 1 heterocycles. The Bertz CT molecular complexity index is 3000. The molecule has 2 aliphatic carbocycles. The summed E-state index contributed by atoms with van der Waals surface area (Å²) in [5.41, 5.74) is 18.3. The Hall–Kier alpha value is -6.38. The topological polar surface area (TPSA) is 16.4 Å². The third-order valence-corrected chi connectivity index (χ3v) is 12.5. The minimum atomic E-state index is -0.106. The largest absolute Gasteiger partial charge is 0.456 e. The number of rotatable bonds is 4. The highest BCUT2D eigenvalue weighted by atomic mass is 16.3. The van der Waals surface area contributed by atoms with Crippen molar-refractivity contribution < 1.29 is 4.42 Å². The SMILES string of the molecule is CC1(C)c2ccccc2-c2ccc(N(c3ccc(-c4cccc5cc6oc7ccccc7c6cc45)cc3)c3cccc4c3-c3ccccc3C4(C)C)cc21. The Morgan fingerprint density at radius 3 is 1.87 bits per heavy atom. The van der Waals surface area contributed by atoms with Crippen LogP contribution in [0.25, 0.3) is 66.1 Å². The number of hydrogen-bond acceptors (Lipinski definition) is 2. The zero-order valence-corrected chi connectivity index (χ0v) is 30.9. The van der Waals surface area contributed by atoms with Crippen LogP contribution in [-0.2, 0) is 10.8 Å². The third kappa shape index (κ3) is 4.28. The molecule has 2 heteroatoms. The van der Waals surface area contributed by atoms with Crippen LogP contribution in [0.4, 0.5) is 17.1 Å². The zero-order valence-electron chi connectivity index (χ0n) is 30.9. The van der Waals surface area contributed by atoms with Gasteiger partial charge < -0.3 is 9.32 Å². The number of hydrogen-bond donors (Lipinski definition) is 0. The predicted octanol–water partition coefficient (Wildman–Crippen LogP) is 14.5. The molecule has 0 saturated carbocycles. The number of nitrogens with zero attached hydrogens (tertiary/aromatic N) is 1. The minimum absolute atomic E-state index is 0.0981. The lowest BCUT2D eigenvalue weighted by molar-refractivity contribution is 0.660. The van der Waals surface area contributed by atoms with E-state index in [1.165, 1.54) is 72.1 Å². The van der Waals surface area contributed by atoms with Crippen molar-refractivity contribution >= 4 is 49.8 Å². The fourth-order valence-electron chi connectivity index (χ4n) is 9.72. The molecule has 54 heavy (non-hydrogen) atoms. The van der Waals surface area contributed by atoms with Gasteiger partial charge in [0.25, 0.3) is 0 Å². The van der Waals surface area contributed by atoms with Crippen molar-refractivity contribution in [2.24, 2.45) is 0 Å². The van der Waals surface area contributed by atoms with Crippen LogP contribution in [0.1, 0.15) is 49.9 Å². The highest BCUT2D eigenvalue weighted by Gasteiger charge is 2.39. The molecule has 2 nitrogen and oxygen atoms in total. The molecule has 0 spiro atoms. The van der Waals surface area contributed by atoms with E-state index < -0.39 is 0 Å². The van der Waals surface area contributed by atoms with Gasteiger partial charge in [-0.3, -0.25) is 0 Å². The number of anilines is 3. The van der Waals surface area contributed by atoms with Crippen molar-refractivity contribution in [3.63, 3.8) is 0 Å². The molecule has 0 aliphatic heterocycles. The van der Waals surface area contributed by atoms with Crippen LogP contribution < -0.4 is 4.90 Å². The van der Waals surface area contributed by atoms with E-state index in [0.29, 0.717) is 0 Å². The minimum Gasteiger partial charge on any atom is -0.456 e. The van der Waals surface area contributed by atoms with Crippen molar-refractivity contribution in [2.45, 2.75) is 38.5 Å². The van der Waals surface area contributed by atoms with Crippen molar-refractivity contribution in [3.05, 3.63) is 186 Å². The molecule has 0 unspecified atom stereocenters. The predicted molar refractivity (Wildman–Crippen MR) is 226 cm³/mol. The monoisotopic (exact) mass is 693 g/mol. The van der Waals surface area contributed by atoms with Crippen LogP contribution in [0.5, 0.6) is 0 Å². The van der Waals surface area contributed by atoms with Crippen molar-refractivity contribution in [1.29, 1.82) is 0 Å². The fraction of sp³-hybridized carbons (Fsp3) is 0.115. The van der Waals surface area contributed by atoms with Gasteiger partial charge in [-0.1, -0.05) is 143 Å². The van der Waals surface area contributed by atoms with Gasteiger partial charge in [-0.2, -0.15) is 0 Å². The lowest BCUT2D eigenvalue weighted by atomic mass is 9.82. The molecule has 11 rings (SSSR count). The molecular weight excluding hydrogens is 655 g/mol. The van der Waals surface area contributed by atoms with E-state index in [-0.39, 0.29) is 10.8 Å². The van der Waals surface area contributed by atoms with E-state index in [9.17, 15) is 0 Å². The summed E-state index contributed by atoms with van der Waals surface area (Å²) in [7, 11) is 0. The van der Waals surface area contributed by atoms with Gasteiger partial charge in [0.05, 0.1) is 5.69 Å². The molecule has 0 N–H and O–H groups in total. The zero-order chi connectivity index (χ0) is 36.3. The van der Waals surface area contributed by atoms with Gasteiger partial charge in [0.2, 0.25) is 0 Å². The van der Waals surface area contributed by atoms with Crippen molar-refractivity contribution in [3.8, 4) is 33.4 Å². The second-order valence-electron chi connectivity index (χ2n) is 16.1. The van der Waals surface area contributed by atoms with Crippen molar-refractivity contribution in [2.75, 3.05) is 4.90 Å². The molecule has 0 bridgehead atoms. The molecule has 0 atom stereocenters. The quantitative estimate of drug-likeness (QED) is 0.182. The summed E-state index contributed by atoms with van der Waals surface area (Å²) in [5.74, 6) is 0. The summed E-state index contributed by atoms with van der Waals surface area (Å²) in [6, 6.07) is 60.4. The van der Waals surface area contributed by atoms with E-state index in [1.807, 2.05) is 12.1 Å².